The molecule has 0 aromatic carbocycles. The summed E-state index contributed by atoms with van der Waals surface area (Å²) in [6, 6.07) is -1.44. The summed E-state index contributed by atoms with van der Waals surface area (Å²) in [6.07, 6.45) is 0.725. The van der Waals surface area contributed by atoms with Crippen molar-refractivity contribution in [1.82, 2.24) is 21.5 Å². The minimum atomic E-state index is -0.735. The van der Waals surface area contributed by atoms with Gasteiger partial charge in [0.1, 0.15) is 6.04 Å². The zero-order valence-electron chi connectivity index (χ0n) is 12.7. The van der Waals surface area contributed by atoms with Crippen LogP contribution in [0.25, 0.3) is 0 Å². The Kier molecular flexibility index (Phi) is 7.26. The molecule has 8 heteroatoms. The van der Waals surface area contributed by atoms with Gasteiger partial charge in [-0.2, -0.15) is 0 Å². The average molecular weight is 303 g/mol. The first kappa shape index (κ1) is 18.4. The standard InChI is InChI=1S/C12H25N5O2S/c1-6-7(2)8(14-10(13)19)9(18)16-17-11(20)15-12(3,4)5/h7-8H,6H2,1-5H3,(H,16,18)(H3,13,14,19)(H2,15,17,20)/t7-,8-/m0/s1. The molecular weight excluding hydrogens is 278 g/mol. The van der Waals surface area contributed by atoms with Gasteiger partial charge in [-0.3, -0.25) is 15.6 Å². The molecule has 7 nitrogen and oxygen atoms in total. The lowest BCUT2D eigenvalue weighted by atomic mass is 9.99. The van der Waals surface area contributed by atoms with E-state index >= 15 is 0 Å². The first-order chi connectivity index (χ1) is 9.06. The van der Waals surface area contributed by atoms with E-state index < -0.39 is 18.0 Å². The summed E-state index contributed by atoms with van der Waals surface area (Å²) in [5.41, 5.74) is 9.93. The number of urea groups is 1. The van der Waals surface area contributed by atoms with Crippen molar-refractivity contribution in [3.8, 4) is 0 Å². The van der Waals surface area contributed by atoms with Crippen LogP contribution in [0.1, 0.15) is 41.0 Å². The van der Waals surface area contributed by atoms with Gasteiger partial charge >= 0.3 is 6.03 Å². The van der Waals surface area contributed by atoms with E-state index in [1.54, 1.807) is 0 Å². The van der Waals surface area contributed by atoms with Crippen LogP contribution < -0.4 is 27.2 Å². The Morgan fingerprint density at radius 2 is 1.80 bits per heavy atom. The molecule has 0 aliphatic carbocycles. The molecule has 0 rings (SSSR count). The number of carbonyl (C=O) groups is 2. The Hall–Kier alpha value is -1.57. The number of carbonyl (C=O) groups excluding carboxylic acids is 2. The van der Waals surface area contributed by atoms with E-state index in [9.17, 15) is 9.59 Å². The molecule has 116 valence electrons. The number of nitrogens with two attached hydrogens (primary N) is 1. The molecule has 20 heavy (non-hydrogen) atoms. The molecule has 0 unspecified atom stereocenters. The summed E-state index contributed by atoms with van der Waals surface area (Å²) in [4.78, 5) is 23.0. The molecule has 0 fully saturated rings. The molecule has 6 N–H and O–H groups in total. The maximum Gasteiger partial charge on any atom is 0.312 e. The average Bonchev–Trinajstić information content (AvgIpc) is 2.29. The second kappa shape index (κ2) is 7.88. The summed E-state index contributed by atoms with van der Waals surface area (Å²) >= 11 is 5.04. The van der Waals surface area contributed by atoms with Crippen LogP contribution in [0.3, 0.4) is 0 Å². The maximum atomic E-state index is 12.0. The number of hydrazine groups is 1. The van der Waals surface area contributed by atoms with Gasteiger partial charge < -0.3 is 16.4 Å². The minimum Gasteiger partial charge on any atom is -0.357 e. The molecule has 0 spiro atoms. The lowest BCUT2D eigenvalue weighted by Crippen LogP contribution is -2.58. The minimum absolute atomic E-state index is 0.0477. The van der Waals surface area contributed by atoms with Crippen LogP contribution in [-0.2, 0) is 4.79 Å². The predicted octanol–water partition coefficient (Wildman–Crippen LogP) is 0.363. The summed E-state index contributed by atoms with van der Waals surface area (Å²) in [7, 11) is 0. The molecule has 0 heterocycles. The van der Waals surface area contributed by atoms with E-state index in [1.165, 1.54) is 0 Å². The molecule has 0 saturated carbocycles. The largest absolute Gasteiger partial charge is 0.357 e. The van der Waals surface area contributed by atoms with Crippen LogP contribution in [-0.4, -0.2) is 28.6 Å². The first-order valence-electron chi connectivity index (χ1n) is 6.50. The van der Waals surface area contributed by atoms with Crippen molar-refractivity contribution in [1.29, 1.82) is 0 Å². The van der Waals surface area contributed by atoms with Crippen molar-refractivity contribution < 1.29 is 9.59 Å². The predicted molar refractivity (Wildman–Crippen MR) is 82.7 cm³/mol. The first-order valence-corrected chi connectivity index (χ1v) is 6.91. The fourth-order valence-corrected chi connectivity index (χ4v) is 1.78. The Balaban J connectivity index is 4.47. The van der Waals surface area contributed by atoms with Crippen molar-refractivity contribution in [2.75, 3.05) is 0 Å². The van der Waals surface area contributed by atoms with E-state index in [0.717, 1.165) is 6.42 Å². The van der Waals surface area contributed by atoms with Crippen molar-refractivity contribution in [3.05, 3.63) is 0 Å². The highest BCUT2D eigenvalue weighted by molar-refractivity contribution is 7.80. The second-order valence-corrected chi connectivity index (χ2v) is 6.10. The SMILES string of the molecule is CC[C@H](C)[C@H](NC(N)=O)C(=O)NNC(=S)NC(C)(C)C. The summed E-state index contributed by atoms with van der Waals surface area (Å²) in [5, 5.41) is 5.72. The zero-order valence-corrected chi connectivity index (χ0v) is 13.5. The van der Waals surface area contributed by atoms with Crippen molar-refractivity contribution in [2.45, 2.75) is 52.6 Å². The van der Waals surface area contributed by atoms with Crippen LogP contribution in [0.2, 0.25) is 0 Å². The number of amides is 3. The number of rotatable bonds is 4. The van der Waals surface area contributed by atoms with Crippen LogP contribution in [0.5, 0.6) is 0 Å². The molecular formula is C12H25N5O2S. The van der Waals surface area contributed by atoms with Crippen LogP contribution in [0.4, 0.5) is 4.79 Å². The Labute approximate surface area is 125 Å². The fraction of sp³-hybridized carbons (Fsp3) is 0.750. The van der Waals surface area contributed by atoms with Crippen molar-refractivity contribution in [3.63, 3.8) is 0 Å². The highest BCUT2D eigenvalue weighted by Crippen LogP contribution is 2.07. The lowest BCUT2D eigenvalue weighted by Gasteiger charge is -2.25. The molecule has 0 aromatic rings. The lowest BCUT2D eigenvalue weighted by molar-refractivity contribution is -0.124. The van der Waals surface area contributed by atoms with Gasteiger partial charge in [0.05, 0.1) is 0 Å². The smallest absolute Gasteiger partial charge is 0.312 e. The number of nitrogens with one attached hydrogen (secondary N) is 4. The van der Waals surface area contributed by atoms with Crippen molar-refractivity contribution >= 4 is 29.3 Å². The highest BCUT2D eigenvalue weighted by Gasteiger charge is 2.25. The number of hydrogen-bond donors (Lipinski definition) is 5. The Bertz CT molecular complexity index is 367. The summed E-state index contributed by atoms with van der Waals surface area (Å²) < 4.78 is 0. The van der Waals surface area contributed by atoms with E-state index in [2.05, 4.69) is 21.5 Å². The van der Waals surface area contributed by atoms with Gasteiger partial charge in [0.15, 0.2) is 5.11 Å². The van der Waals surface area contributed by atoms with Gasteiger partial charge in [0, 0.05) is 5.54 Å². The highest BCUT2D eigenvalue weighted by atomic mass is 32.1. The fourth-order valence-electron chi connectivity index (χ4n) is 1.42. The van der Waals surface area contributed by atoms with E-state index in [4.69, 9.17) is 18.0 Å². The zero-order chi connectivity index (χ0) is 15.9. The van der Waals surface area contributed by atoms with Gasteiger partial charge in [0.2, 0.25) is 0 Å². The molecule has 0 aliphatic rings. The van der Waals surface area contributed by atoms with Crippen LogP contribution >= 0.6 is 12.2 Å². The van der Waals surface area contributed by atoms with Gasteiger partial charge in [0.25, 0.3) is 5.91 Å². The molecule has 0 radical (unpaired) electrons. The van der Waals surface area contributed by atoms with Crippen molar-refractivity contribution in [2.24, 2.45) is 11.7 Å². The molecule has 0 saturated heterocycles. The summed E-state index contributed by atoms with van der Waals surface area (Å²) in [6.45, 7) is 9.61. The van der Waals surface area contributed by atoms with E-state index in [1.807, 2.05) is 34.6 Å². The van der Waals surface area contributed by atoms with Gasteiger partial charge in [-0.1, -0.05) is 20.3 Å². The molecule has 0 aromatic heterocycles. The molecule has 2 atom stereocenters. The van der Waals surface area contributed by atoms with Crippen LogP contribution in [0.15, 0.2) is 0 Å². The normalized spacial score (nSPS) is 13.8. The third-order valence-electron chi connectivity index (χ3n) is 2.58. The topological polar surface area (TPSA) is 108 Å². The molecule has 0 aliphatic heterocycles. The third kappa shape index (κ3) is 7.78. The van der Waals surface area contributed by atoms with Gasteiger partial charge in [-0.05, 0) is 38.9 Å². The maximum absolute atomic E-state index is 12.0. The number of thiocarbonyl (C=S) groups is 1. The summed E-state index contributed by atoms with van der Waals surface area (Å²) in [5.74, 6) is -0.440. The van der Waals surface area contributed by atoms with Gasteiger partial charge in [-0.15, -0.1) is 0 Å². The second-order valence-electron chi connectivity index (χ2n) is 5.69. The monoisotopic (exact) mass is 303 g/mol. The number of hydrogen-bond acceptors (Lipinski definition) is 3. The Morgan fingerprint density at radius 1 is 1.25 bits per heavy atom. The quantitative estimate of drug-likeness (QED) is 0.381. The number of primary amides is 1. The Morgan fingerprint density at radius 3 is 2.20 bits per heavy atom. The van der Waals surface area contributed by atoms with E-state index in [0.29, 0.717) is 5.11 Å². The third-order valence-corrected chi connectivity index (χ3v) is 2.79. The van der Waals surface area contributed by atoms with Gasteiger partial charge in [-0.25, -0.2) is 4.79 Å². The van der Waals surface area contributed by atoms with E-state index in [-0.39, 0.29) is 11.5 Å². The molecule has 3 amide bonds. The van der Waals surface area contributed by atoms with Crippen LogP contribution in [0, 0.1) is 5.92 Å². The molecule has 0 bridgehead atoms.